The molecule has 0 aliphatic heterocycles. The smallest absolute Gasteiger partial charge is 0.350 e. The van der Waals surface area contributed by atoms with E-state index in [2.05, 4.69) is 12.1 Å². The van der Waals surface area contributed by atoms with Crippen LogP contribution in [0.4, 0.5) is 0 Å². The third-order valence-electron chi connectivity index (χ3n) is 4.05. The Bertz CT molecular complexity index is 676. The molecule has 0 amide bonds. The molecule has 138 valence electrons. The highest BCUT2D eigenvalue weighted by molar-refractivity contribution is 8.03. The lowest BCUT2D eigenvalue weighted by atomic mass is 9.95. The first kappa shape index (κ1) is 20.7. The Balaban J connectivity index is 1.88. The minimum absolute atomic E-state index is 0.150. The monoisotopic (exact) mass is 389 g/mol. The second kappa shape index (κ2) is 11.9. The van der Waals surface area contributed by atoms with Crippen LogP contribution in [0.3, 0.4) is 0 Å². The zero-order valence-electron chi connectivity index (χ0n) is 15.2. The van der Waals surface area contributed by atoms with E-state index in [0.29, 0.717) is 24.7 Å². The number of carbonyl (C=O) groups is 1. The van der Waals surface area contributed by atoms with Gasteiger partial charge in [0.15, 0.2) is 11.7 Å². The van der Waals surface area contributed by atoms with Gasteiger partial charge in [-0.2, -0.15) is 0 Å². The first-order valence-electron chi connectivity index (χ1n) is 8.99. The molecule has 0 aromatic heterocycles. The van der Waals surface area contributed by atoms with E-state index in [1.165, 1.54) is 5.56 Å². The van der Waals surface area contributed by atoms with E-state index in [0.717, 1.165) is 17.7 Å². The molecule has 0 aliphatic carbocycles. The minimum Gasteiger partial charge on any atom is -0.466 e. The average molecular weight is 389 g/mol. The Morgan fingerprint density at radius 3 is 2.38 bits per heavy atom. The first-order chi connectivity index (χ1) is 12.7. The van der Waals surface area contributed by atoms with Crippen molar-refractivity contribution in [2.24, 2.45) is 0 Å². The molecule has 2 rings (SSSR count). The molecule has 0 spiro atoms. The van der Waals surface area contributed by atoms with Crippen molar-refractivity contribution >= 4 is 25.5 Å². The molecular formula is C21H26O3PS+. The van der Waals surface area contributed by atoms with Gasteiger partial charge in [0.25, 0.3) is 0 Å². The highest BCUT2D eigenvalue weighted by atomic mass is 32.2. The summed E-state index contributed by atoms with van der Waals surface area (Å²) in [6, 6.07) is 20.3. The Kier molecular flexibility index (Phi) is 9.44. The van der Waals surface area contributed by atoms with Gasteiger partial charge >= 0.3 is 13.8 Å². The van der Waals surface area contributed by atoms with E-state index < -0.39 is 7.80 Å². The summed E-state index contributed by atoms with van der Waals surface area (Å²) in [5, 5.41) is 0. The summed E-state index contributed by atoms with van der Waals surface area (Å²) in [6.45, 7) is 2.24. The normalized spacial score (nSPS) is 12.4. The fourth-order valence-electron chi connectivity index (χ4n) is 2.78. The Morgan fingerprint density at radius 1 is 1.08 bits per heavy atom. The van der Waals surface area contributed by atoms with Crippen molar-refractivity contribution < 1.29 is 14.1 Å². The molecular weight excluding hydrogens is 363 g/mol. The molecule has 0 bridgehead atoms. The van der Waals surface area contributed by atoms with Gasteiger partial charge in [-0.05, 0) is 37.5 Å². The van der Waals surface area contributed by atoms with Gasteiger partial charge in [-0.1, -0.05) is 64.9 Å². The molecule has 0 fully saturated rings. The Morgan fingerprint density at radius 2 is 1.73 bits per heavy atom. The van der Waals surface area contributed by atoms with Crippen LogP contribution in [-0.4, -0.2) is 24.2 Å². The fraction of sp³-hybridized carbons (Fsp3) is 0.381. The first-order valence-corrected chi connectivity index (χ1v) is 11.6. The molecule has 0 N–H and O–H groups in total. The number of hydrogen-bond donors (Lipinski definition) is 0. The van der Waals surface area contributed by atoms with E-state index in [9.17, 15) is 9.36 Å². The molecule has 2 aromatic carbocycles. The van der Waals surface area contributed by atoms with Gasteiger partial charge in [-0.25, -0.2) is 0 Å². The highest BCUT2D eigenvalue weighted by Gasteiger charge is 2.24. The zero-order valence-corrected chi connectivity index (χ0v) is 16.9. The second-order valence-corrected chi connectivity index (χ2v) is 9.18. The molecule has 0 aliphatic rings. The predicted molar refractivity (Wildman–Crippen MR) is 109 cm³/mol. The number of thioether (sulfide) groups is 1. The zero-order chi connectivity index (χ0) is 18.6. The van der Waals surface area contributed by atoms with Crippen LogP contribution in [0.1, 0.15) is 37.7 Å². The highest BCUT2D eigenvalue weighted by Crippen LogP contribution is 2.37. The molecule has 26 heavy (non-hydrogen) atoms. The van der Waals surface area contributed by atoms with Crippen molar-refractivity contribution in [2.75, 3.05) is 18.3 Å². The van der Waals surface area contributed by atoms with Gasteiger partial charge in [0.05, 0.1) is 6.61 Å². The molecule has 0 radical (unpaired) electrons. The lowest BCUT2D eigenvalue weighted by Crippen LogP contribution is -2.07. The number of esters is 1. The molecule has 0 saturated carbocycles. The number of rotatable bonds is 11. The van der Waals surface area contributed by atoms with E-state index in [1.807, 2.05) is 55.5 Å². The summed E-state index contributed by atoms with van der Waals surface area (Å²) in [4.78, 5) is 12.7. The SMILES string of the molecule is CCOC(=O)CCCC(C[P+](=O)CSc1ccccc1)c1ccccc1. The lowest BCUT2D eigenvalue weighted by molar-refractivity contribution is -0.143. The van der Waals surface area contributed by atoms with Gasteiger partial charge in [-0.3, -0.25) is 4.79 Å². The molecule has 2 atom stereocenters. The van der Waals surface area contributed by atoms with Crippen molar-refractivity contribution in [3.8, 4) is 0 Å². The van der Waals surface area contributed by atoms with Gasteiger partial charge in [-0.15, -0.1) is 0 Å². The summed E-state index contributed by atoms with van der Waals surface area (Å²) >= 11 is 1.64. The Labute approximate surface area is 161 Å². The summed E-state index contributed by atoms with van der Waals surface area (Å²) in [5.74, 6) is 0.0638. The van der Waals surface area contributed by atoms with Crippen LogP contribution in [0.15, 0.2) is 65.6 Å². The molecule has 0 saturated heterocycles. The van der Waals surface area contributed by atoms with Crippen molar-refractivity contribution in [3.63, 3.8) is 0 Å². The largest absolute Gasteiger partial charge is 0.466 e. The molecule has 2 unspecified atom stereocenters. The maximum atomic E-state index is 12.6. The fourth-order valence-corrected chi connectivity index (χ4v) is 5.60. The van der Waals surface area contributed by atoms with E-state index in [-0.39, 0.29) is 11.9 Å². The third-order valence-corrected chi connectivity index (χ3v) is 7.17. The topological polar surface area (TPSA) is 43.4 Å². The lowest BCUT2D eigenvalue weighted by Gasteiger charge is -2.12. The van der Waals surface area contributed by atoms with Gasteiger partial charge in [0.2, 0.25) is 0 Å². The van der Waals surface area contributed by atoms with E-state index >= 15 is 0 Å². The molecule has 5 heteroatoms. The van der Waals surface area contributed by atoms with E-state index in [4.69, 9.17) is 4.74 Å². The molecule has 2 aromatic rings. The Hall–Kier alpha value is -1.64. The number of ether oxygens (including phenoxy) is 1. The van der Waals surface area contributed by atoms with E-state index in [1.54, 1.807) is 11.8 Å². The van der Waals surface area contributed by atoms with Crippen LogP contribution in [0.5, 0.6) is 0 Å². The van der Waals surface area contributed by atoms with Gasteiger partial charge in [0.1, 0.15) is 0 Å². The third kappa shape index (κ3) is 7.72. The minimum atomic E-state index is -1.31. The van der Waals surface area contributed by atoms with Crippen LogP contribution in [0.25, 0.3) is 0 Å². The number of benzene rings is 2. The van der Waals surface area contributed by atoms with Crippen LogP contribution >= 0.6 is 19.6 Å². The molecule has 0 heterocycles. The van der Waals surface area contributed by atoms with Crippen LogP contribution in [0.2, 0.25) is 0 Å². The maximum absolute atomic E-state index is 12.6. The van der Waals surface area contributed by atoms with Gasteiger partial charge in [0, 0.05) is 17.2 Å². The van der Waals surface area contributed by atoms with Crippen molar-refractivity contribution in [1.82, 2.24) is 0 Å². The van der Waals surface area contributed by atoms with Crippen LogP contribution in [0, 0.1) is 0 Å². The summed E-state index contributed by atoms with van der Waals surface area (Å²) < 4.78 is 17.6. The van der Waals surface area contributed by atoms with Crippen molar-refractivity contribution in [1.29, 1.82) is 0 Å². The molecule has 3 nitrogen and oxygen atoms in total. The van der Waals surface area contributed by atoms with Crippen molar-refractivity contribution in [2.45, 2.75) is 37.0 Å². The number of hydrogen-bond acceptors (Lipinski definition) is 4. The maximum Gasteiger partial charge on any atom is 0.350 e. The number of carbonyl (C=O) groups excluding carboxylic acids is 1. The van der Waals surface area contributed by atoms with Crippen LogP contribution < -0.4 is 0 Å². The summed E-state index contributed by atoms with van der Waals surface area (Å²) in [6.07, 6.45) is 2.68. The van der Waals surface area contributed by atoms with Crippen molar-refractivity contribution in [3.05, 3.63) is 66.2 Å². The standard InChI is InChI=1S/C21H26O3PS/c1-2-24-21(22)15-9-12-19(18-10-5-3-6-11-18)16-25(23)17-26-20-13-7-4-8-14-20/h3-8,10-11,13-14,19H,2,9,12,15-17H2,1H3/q+1. The second-order valence-electron chi connectivity index (χ2n) is 6.06. The van der Waals surface area contributed by atoms with Gasteiger partial charge < -0.3 is 4.74 Å². The average Bonchev–Trinajstić information content (AvgIpc) is 2.67. The predicted octanol–water partition coefficient (Wildman–Crippen LogP) is 6.08. The summed E-state index contributed by atoms with van der Waals surface area (Å²) in [7, 11) is -1.31. The van der Waals surface area contributed by atoms with Crippen LogP contribution in [-0.2, 0) is 14.1 Å². The summed E-state index contributed by atoms with van der Waals surface area (Å²) in [5.41, 5.74) is 1.82. The quantitative estimate of drug-likeness (QED) is 0.265.